The van der Waals surface area contributed by atoms with Crippen molar-refractivity contribution in [2.75, 3.05) is 19.6 Å². The van der Waals surface area contributed by atoms with E-state index in [9.17, 15) is 0 Å². The van der Waals surface area contributed by atoms with Crippen LogP contribution < -0.4 is 5.32 Å². The lowest BCUT2D eigenvalue weighted by molar-refractivity contribution is 0.158. The van der Waals surface area contributed by atoms with Gasteiger partial charge >= 0.3 is 0 Å². The van der Waals surface area contributed by atoms with E-state index in [1.165, 1.54) is 51.7 Å². The second-order valence-electron chi connectivity index (χ2n) is 3.93. The first-order valence-electron chi connectivity index (χ1n) is 5.27. The Labute approximate surface area is 75.3 Å². The average Bonchev–Trinajstić information content (AvgIpc) is 2.21. The lowest BCUT2D eigenvalue weighted by Crippen LogP contribution is -2.44. The van der Waals surface area contributed by atoms with Gasteiger partial charge in [-0.1, -0.05) is 6.42 Å². The van der Waals surface area contributed by atoms with Gasteiger partial charge in [-0.3, -0.25) is 4.90 Å². The molecule has 2 rings (SSSR count). The standard InChI is InChI=1S/C10H19N2/c1-2-7-12(8-3-1)10-5-4-6-11-9-10/h9-11H,1-8H2. The number of hydrogen-bond donors (Lipinski definition) is 1. The molecule has 1 N–H and O–H groups in total. The third-order valence-electron chi connectivity index (χ3n) is 2.99. The Morgan fingerprint density at radius 2 is 1.92 bits per heavy atom. The molecular formula is C10H19N2. The number of likely N-dealkylation sites (tertiary alicyclic amines) is 1. The summed E-state index contributed by atoms with van der Waals surface area (Å²) in [5.74, 6) is 0. The number of hydrogen-bond acceptors (Lipinski definition) is 2. The van der Waals surface area contributed by atoms with Crippen molar-refractivity contribution in [2.45, 2.75) is 38.1 Å². The third kappa shape index (κ3) is 1.99. The SMILES string of the molecule is [CH]1NCCCC1N1CCCCC1. The van der Waals surface area contributed by atoms with E-state index in [0.29, 0.717) is 0 Å². The van der Waals surface area contributed by atoms with E-state index >= 15 is 0 Å². The molecule has 2 saturated heterocycles. The van der Waals surface area contributed by atoms with Crippen LogP contribution in [0.25, 0.3) is 0 Å². The molecule has 0 amide bonds. The maximum Gasteiger partial charge on any atom is 0.0393 e. The molecule has 0 spiro atoms. The molecule has 0 aromatic carbocycles. The number of rotatable bonds is 1. The molecule has 2 aliphatic heterocycles. The van der Waals surface area contributed by atoms with Crippen LogP contribution in [-0.2, 0) is 0 Å². The number of nitrogens with zero attached hydrogens (tertiary/aromatic N) is 1. The Morgan fingerprint density at radius 1 is 1.08 bits per heavy atom. The lowest BCUT2D eigenvalue weighted by Gasteiger charge is -2.36. The van der Waals surface area contributed by atoms with Gasteiger partial charge in [0.1, 0.15) is 0 Å². The van der Waals surface area contributed by atoms with E-state index in [2.05, 4.69) is 16.8 Å². The molecule has 2 heteroatoms. The summed E-state index contributed by atoms with van der Waals surface area (Å²) >= 11 is 0. The van der Waals surface area contributed by atoms with E-state index in [1.54, 1.807) is 0 Å². The van der Waals surface area contributed by atoms with Crippen LogP contribution in [0.1, 0.15) is 32.1 Å². The molecule has 2 aliphatic rings. The normalized spacial score (nSPS) is 33.5. The first-order chi connectivity index (χ1) is 5.97. The Morgan fingerprint density at radius 3 is 2.58 bits per heavy atom. The first kappa shape index (κ1) is 8.52. The number of piperidine rings is 2. The summed E-state index contributed by atoms with van der Waals surface area (Å²) in [7, 11) is 0. The van der Waals surface area contributed by atoms with Crippen molar-refractivity contribution < 1.29 is 0 Å². The molecule has 1 atom stereocenters. The lowest BCUT2D eigenvalue weighted by atomic mass is 10.0. The van der Waals surface area contributed by atoms with Crippen LogP contribution in [0.2, 0.25) is 0 Å². The zero-order chi connectivity index (χ0) is 8.23. The second kappa shape index (κ2) is 4.24. The van der Waals surface area contributed by atoms with Gasteiger partial charge in [0.25, 0.3) is 0 Å². The molecule has 0 saturated carbocycles. The predicted molar refractivity (Wildman–Crippen MR) is 50.7 cm³/mol. The summed E-state index contributed by atoms with van der Waals surface area (Å²) in [6.45, 7) is 6.13. The van der Waals surface area contributed by atoms with Gasteiger partial charge in [-0.25, -0.2) is 0 Å². The third-order valence-corrected chi connectivity index (χ3v) is 2.99. The fourth-order valence-electron chi connectivity index (χ4n) is 2.25. The Kier molecular flexibility index (Phi) is 3.01. The Balaban J connectivity index is 1.80. The summed E-state index contributed by atoms with van der Waals surface area (Å²) in [4.78, 5) is 2.63. The molecule has 1 unspecified atom stereocenters. The van der Waals surface area contributed by atoms with Gasteiger partial charge in [0.2, 0.25) is 0 Å². The van der Waals surface area contributed by atoms with Crippen molar-refractivity contribution in [3.63, 3.8) is 0 Å². The maximum atomic E-state index is 3.37. The van der Waals surface area contributed by atoms with E-state index in [4.69, 9.17) is 0 Å². The highest BCUT2D eigenvalue weighted by Crippen LogP contribution is 2.18. The average molecular weight is 167 g/mol. The second-order valence-corrected chi connectivity index (χ2v) is 3.93. The molecule has 0 aromatic rings. The first-order valence-corrected chi connectivity index (χ1v) is 5.27. The van der Waals surface area contributed by atoms with Crippen LogP contribution >= 0.6 is 0 Å². The minimum absolute atomic E-state index is 0.735. The molecule has 1 radical (unpaired) electrons. The fourth-order valence-corrected chi connectivity index (χ4v) is 2.25. The Hall–Kier alpha value is -0.0800. The van der Waals surface area contributed by atoms with Crippen molar-refractivity contribution in [2.24, 2.45) is 0 Å². The summed E-state index contributed by atoms with van der Waals surface area (Å²) < 4.78 is 0. The largest absolute Gasteiger partial charge is 0.311 e. The molecule has 2 fully saturated rings. The van der Waals surface area contributed by atoms with E-state index < -0.39 is 0 Å². The van der Waals surface area contributed by atoms with Gasteiger partial charge in [0.05, 0.1) is 0 Å². The van der Waals surface area contributed by atoms with Crippen LogP contribution in [0, 0.1) is 6.54 Å². The molecule has 0 aromatic heterocycles. The van der Waals surface area contributed by atoms with Crippen molar-refractivity contribution in [3.8, 4) is 0 Å². The van der Waals surface area contributed by atoms with E-state index in [1.807, 2.05) is 0 Å². The van der Waals surface area contributed by atoms with E-state index in [0.717, 1.165) is 6.04 Å². The van der Waals surface area contributed by atoms with Crippen LogP contribution in [0.3, 0.4) is 0 Å². The zero-order valence-corrected chi connectivity index (χ0v) is 7.76. The maximum absolute atomic E-state index is 3.37. The summed E-state index contributed by atoms with van der Waals surface area (Å²) in [6, 6.07) is 0.735. The van der Waals surface area contributed by atoms with Gasteiger partial charge in [-0.05, 0) is 45.3 Å². The van der Waals surface area contributed by atoms with E-state index in [-0.39, 0.29) is 0 Å². The van der Waals surface area contributed by atoms with Crippen molar-refractivity contribution >= 4 is 0 Å². The highest BCUT2D eigenvalue weighted by atomic mass is 15.2. The fraction of sp³-hybridized carbons (Fsp3) is 0.900. The minimum Gasteiger partial charge on any atom is -0.311 e. The molecule has 2 heterocycles. The minimum atomic E-state index is 0.735. The van der Waals surface area contributed by atoms with Gasteiger partial charge in [0, 0.05) is 12.6 Å². The smallest absolute Gasteiger partial charge is 0.0393 e. The topological polar surface area (TPSA) is 15.3 Å². The van der Waals surface area contributed by atoms with Crippen LogP contribution in [-0.4, -0.2) is 30.6 Å². The van der Waals surface area contributed by atoms with Gasteiger partial charge < -0.3 is 5.32 Å². The highest BCUT2D eigenvalue weighted by Gasteiger charge is 2.22. The highest BCUT2D eigenvalue weighted by molar-refractivity contribution is 4.88. The predicted octanol–water partition coefficient (Wildman–Crippen LogP) is 1.39. The van der Waals surface area contributed by atoms with Gasteiger partial charge in [-0.2, -0.15) is 0 Å². The summed E-state index contributed by atoms with van der Waals surface area (Å²) in [5, 5.41) is 3.37. The molecular weight excluding hydrogens is 148 g/mol. The van der Waals surface area contributed by atoms with Crippen molar-refractivity contribution in [3.05, 3.63) is 6.54 Å². The van der Waals surface area contributed by atoms with Crippen molar-refractivity contribution in [1.82, 2.24) is 10.2 Å². The Bertz CT molecular complexity index is 108. The van der Waals surface area contributed by atoms with Crippen molar-refractivity contribution in [1.29, 1.82) is 0 Å². The van der Waals surface area contributed by atoms with Gasteiger partial charge in [0.15, 0.2) is 0 Å². The quantitative estimate of drug-likeness (QED) is 0.635. The van der Waals surface area contributed by atoms with Crippen LogP contribution in [0.15, 0.2) is 0 Å². The zero-order valence-electron chi connectivity index (χ0n) is 7.76. The van der Waals surface area contributed by atoms with Crippen LogP contribution in [0.5, 0.6) is 0 Å². The van der Waals surface area contributed by atoms with Gasteiger partial charge in [-0.15, -0.1) is 0 Å². The molecule has 69 valence electrons. The number of nitrogens with one attached hydrogen (secondary N) is 1. The molecule has 12 heavy (non-hydrogen) atoms. The van der Waals surface area contributed by atoms with Crippen LogP contribution in [0.4, 0.5) is 0 Å². The summed E-state index contributed by atoms with van der Waals surface area (Å²) in [6.07, 6.45) is 6.97. The molecule has 2 nitrogen and oxygen atoms in total. The molecule has 0 bridgehead atoms. The summed E-state index contributed by atoms with van der Waals surface area (Å²) in [5.41, 5.74) is 0. The molecule has 0 aliphatic carbocycles. The monoisotopic (exact) mass is 167 g/mol.